The summed E-state index contributed by atoms with van der Waals surface area (Å²) in [7, 11) is 0. The molecule has 5 heteroatoms. The van der Waals surface area contributed by atoms with E-state index in [0.29, 0.717) is 33.8 Å². The Labute approximate surface area is 177 Å². The van der Waals surface area contributed by atoms with Crippen LogP contribution in [0.25, 0.3) is 33.5 Å². The average Bonchev–Trinajstić information content (AvgIpc) is 3.34. The van der Waals surface area contributed by atoms with Crippen molar-refractivity contribution < 1.29 is 4.42 Å². The van der Waals surface area contributed by atoms with Crippen molar-refractivity contribution in [3.63, 3.8) is 0 Å². The van der Waals surface area contributed by atoms with Gasteiger partial charge in [-0.2, -0.15) is 0 Å². The van der Waals surface area contributed by atoms with Crippen molar-refractivity contribution in [2.75, 3.05) is 0 Å². The molecule has 0 saturated carbocycles. The van der Waals surface area contributed by atoms with E-state index in [2.05, 4.69) is 17.1 Å². The second-order valence-electron chi connectivity index (χ2n) is 6.78. The number of benzene rings is 3. The van der Waals surface area contributed by atoms with E-state index in [4.69, 9.17) is 32.6 Å². The highest BCUT2D eigenvalue weighted by molar-refractivity contribution is 6.34. The molecule has 5 aromatic rings. The molecule has 0 amide bonds. The second kappa shape index (κ2) is 7.43. The van der Waals surface area contributed by atoms with Crippen LogP contribution in [0.3, 0.4) is 0 Å². The molecular formula is C24H16Cl2N2O. The van der Waals surface area contributed by atoms with Crippen molar-refractivity contribution in [3.05, 3.63) is 100 Å². The summed E-state index contributed by atoms with van der Waals surface area (Å²) in [5.74, 6) is 1.23. The van der Waals surface area contributed by atoms with Crippen LogP contribution in [0.1, 0.15) is 11.5 Å². The largest absolute Gasteiger partial charge is 0.440 e. The minimum atomic E-state index is 0.561. The molecule has 0 bridgehead atoms. The van der Waals surface area contributed by atoms with E-state index in [1.807, 2.05) is 66.9 Å². The van der Waals surface area contributed by atoms with Crippen LogP contribution >= 0.6 is 23.2 Å². The molecule has 0 atom stereocenters. The average molecular weight is 419 g/mol. The zero-order valence-corrected chi connectivity index (χ0v) is 16.8. The summed E-state index contributed by atoms with van der Waals surface area (Å²) in [6, 6.07) is 23.4. The molecular weight excluding hydrogens is 403 g/mol. The fraction of sp³-hybridized carbons (Fsp3) is 0.0417. The minimum Gasteiger partial charge on any atom is -0.440 e. The summed E-state index contributed by atoms with van der Waals surface area (Å²) in [6.07, 6.45) is 2.56. The van der Waals surface area contributed by atoms with Gasteiger partial charge in [-0.25, -0.2) is 4.98 Å². The van der Waals surface area contributed by atoms with Gasteiger partial charge in [-0.1, -0.05) is 71.7 Å². The van der Waals surface area contributed by atoms with E-state index < -0.39 is 0 Å². The lowest BCUT2D eigenvalue weighted by atomic mass is 10.1. The number of hydrogen-bond acceptors (Lipinski definition) is 2. The number of nitrogens with one attached hydrogen (secondary N) is 1. The Hall–Kier alpha value is -3.01. The van der Waals surface area contributed by atoms with Gasteiger partial charge in [0.2, 0.25) is 0 Å². The molecule has 0 spiro atoms. The first-order chi connectivity index (χ1) is 14.2. The van der Waals surface area contributed by atoms with Gasteiger partial charge in [-0.05, 0) is 29.8 Å². The SMILES string of the molecule is Clc1ccccc1-c1nc(Cc2c[nH]c3ccccc23)oc1-c1ccccc1Cl. The molecule has 0 fully saturated rings. The Morgan fingerprint density at radius 3 is 2.21 bits per heavy atom. The number of aromatic amines is 1. The Morgan fingerprint density at radius 1 is 0.793 bits per heavy atom. The number of H-pyrrole nitrogens is 1. The fourth-order valence-electron chi connectivity index (χ4n) is 3.54. The predicted octanol–water partition coefficient (Wildman–Crippen LogP) is 7.39. The van der Waals surface area contributed by atoms with Crippen molar-refractivity contribution in [1.29, 1.82) is 0 Å². The van der Waals surface area contributed by atoms with E-state index in [9.17, 15) is 0 Å². The Bertz CT molecular complexity index is 1260. The highest BCUT2D eigenvalue weighted by Crippen LogP contribution is 2.39. The van der Waals surface area contributed by atoms with Gasteiger partial charge >= 0.3 is 0 Å². The third-order valence-electron chi connectivity index (χ3n) is 4.94. The second-order valence-corrected chi connectivity index (χ2v) is 7.60. The summed E-state index contributed by atoms with van der Waals surface area (Å²) in [4.78, 5) is 8.12. The van der Waals surface area contributed by atoms with Crippen LogP contribution in [0.2, 0.25) is 10.0 Å². The monoisotopic (exact) mass is 418 g/mol. The van der Waals surface area contributed by atoms with Crippen molar-refractivity contribution in [1.82, 2.24) is 9.97 Å². The van der Waals surface area contributed by atoms with Crippen molar-refractivity contribution in [2.24, 2.45) is 0 Å². The van der Waals surface area contributed by atoms with Gasteiger partial charge in [-0.3, -0.25) is 0 Å². The summed E-state index contributed by atoms with van der Waals surface area (Å²) < 4.78 is 6.25. The minimum absolute atomic E-state index is 0.561. The fourth-order valence-corrected chi connectivity index (χ4v) is 3.99. The summed E-state index contributed by atoms with van der Waals surface area (Å²) in [5, 5.41) is 2.38. The van der Waals surface area contributed by atoms with Crippen LogP contribution in [0.15, 0.2) is 83.4 Å². The van der Waals surface area contributed by atoms with Gasteiger partial charge in [0.15, 0.2) is 11.7 Å². The molecule has 0 radical (unpaired) electrons. The maximum Gasteiger partial charge on any atom is 0.200 e. The first-order valence-electron chi connectivity index (χ1n) is 9.25. The van der Waals surface area contributed by atoms with Crippen LogP contribution in [0.5, 0.6) is 0 Å². The molecule has 29 heavy (non-hydrogen) atoms. The quantitative estimate of drug-likeness (QED) is 0.330. The number of halogens is 2. The highest BCUT2D eigenvalue weighted by Gasteiger charge is 2.21. The number of aromatic nitrogens is 2. The molecule has 0 aliphatic heterocycles. The van der Waals surface area contributed by atoms with E-state index in [1.54, 1.807) is 0 Å². The lowest BCUT2D eigenvalue weighted by molar-refractivity contribution is 0.520. The number of rotatable bonds is 4. The van der Waals surface area contributed by atoms with Gasteiger partial charge in [0.05, 0.1) is 16.5 Å². The third kappa shape index (κ3) is 3.33. The highest BCUT2D eigenvalue weighted by atomic mass is 35.5. The van der Waals surface area contributed by atoms with E-state index in [1.165, 1.54) is 0 Å². The zero-order chi connectivity index (χ0) is 19.8. The summed E-state index contributed by atoms with van der Waals surface area (Å²) >= 11 is 12.9. The molecule has 5 rings (SSSR count). The number of fused-ring (bicyclic) bond motifs is 1. The van der Waals surface area contributed by atoms with Crippen LogP contribution in [0.4, 0.5) is 0 Å². The first kappa shape index (κ1) is 18.0. The molecule has 2 heterocycles. The molecule has 0 aliphatic carbocycles. The molecule has 3 aromatic carbocycles. The third-order valence-corrected chi connectivity index (χ3v) is 5.59. The van der Waals surface area contributed by atoms with Crippen molar-refractivity contribution in [3.8, 4) is 22.6 Å². The molecule has 2 aromatic heterocycles. The molecule has 142 valence electrons. The smallest absolute Gasteiger partial charge is 0.200 e. The van der Waals surface area contributed by atoms with Gasteiger partial charge < -0.3 is 9.40 Å². The van der Waals surface area contributed by atoms with Gasteiger partial charge in [-0.15, -0.1) is 0 Å². The van der Waals surface area contributed by atoms with Gasteiger partial charge in [0, 0.05) is 28.2 Å². The maximum absolute atomic E-state index is 6.47. The van der Waals surface area contributed by atoms with Crippen molar-refractivity contribution in [2.45, 2.75) is 6.42 Å². The topological polar surface area (TPSA) is 41.8 Å². The summed E-state index contributed by atoms with van der Waals surface area (Å²) in [6.45, 7) is 0. The van der Waals surface area contributed by atoms with Crippen LogP contribution in [-0.4, -0.2) is 9.97 Å². The number of nitrogens with zero attached hydrogens (tertiary/aromatic N) is 1. The standard InChI is InChI=1S/C24H16Cl2N2O/c25-19-10-4-1-8-17(19)23-24(18-9-2-5-11-20(18)26)29-22(28-23)13-15-14-27-21-12-6-3-7-16(15)21/h1-12,14,27H,13H2. The van der Waals surface area contributed by atoms with E-state index in [0.717, 1.165) is 27.6 Å². The first-order valence-corrected chi connectivity index (χ1v) is 10.0. The normalized spacial score (nSPS) is 11.2. The molecule has 0 aliphatic rings. The van der Waals surface area contributed by atoms with Crippen LogP contribution in [-0.2, 0) is 6.42 Å². The molecule has 0 unspecified atom stereocenters. The Kier molecular flexibility index (Phi) is 4.62. The number of hydrogen-bond donors (Lipinski definition) is 1. The lowest BCUT2D eigenvalue weighted by Gasteiger charge is -2.05. The molecule has 0 saturated heterocycles. The van der Waals surface area contributed by atoms with Crippen LogP contribution < -0.4 is 0 Å². The molecule has 1 N–H and O–H groups in total. The maximum atomic E-state index is 6.47. The predicted molar refractivity (Wildman–Crippen MR) is 118 cm³/mol. The Balaban J connectivity index is 1.65. The number of para-hydroxylation sites is 1. The van der Waals surface area contributed by atoms with E-state index in [-0.39, 0.29) is 0 Å². The Morgan fingerprint density at radius 2 is 1.45 bits per heavy atom. The van der Waals surface area contributed by atoms with Gasteiger partial charge in [0.25, 0.3) is 0 Å². The lowest BCUT2D eigenvalue weighted by Crippen LogP contribution is -1.88. The summed E-state index contributed by atoms with van der Waals surface area (Å²) in [5.41, 5.74) is 4.52. The van der Waals surface area contributed by atoms with Crippen molar-refractivity contribution >= 4 is 34.1 Å². The van der Waals surface area contributed by atoms with Gasteiger partial charge in [0.1, 0.15) is 5.69 Å². The number of oxazole rings is 1. The molecule has 3 nitrogen and oxygen atoms in total. The van der Waals surface area contributed by atoms with Crippen LogP contribution in [0, 0.1) is 0 Å². The van der Waals surface area contributed by atoms with E-state index >= 15 is 0 Å². The zero-order valence-electron chi connectivity index (χ0n) is 15.3.